The zero-order valence-corrected chi connectivity index (χ0v) is 14.6. The first-order valence-electron chi connectivity index (χ1n) is 7.46. The van der Waals surface area contributed by atoms with Gasteiger partial charge in [-0.1, -0.05) is 30.8 Å². The molecule has 2 rings (SSSR count). The molecule has 6 nitrogen and oxygen atoms in total. The topological polar surface area (TPSA) is 78.5 Å². The van der Waals surface area contributed by atoms with E-state index in [0.29, 0.717) is 5.39 Å². The number of sulfonamides is 1. The molecule has 2 N–H and O–H groups in total. The number of nitrogens with zero attached hydrogens (tertiary/aromatic N) is 1. The molecule has 1 amide bonds. The predicted octanol–water partition coefficient (Wildman–Crippen LogP) is 1.49. The number of hydrogen-bond donors (Lipinski definition) is 2. The largest absolute Gasteiger partial charge is 0.377 e. The van der Waals surface area contributed by atoms with Crippen molar-refractivity contribution >= 4 is 32.4 Å². The molecule has 0 bridgehead atoms. The molecule has 0 aliphatic heterocycles. The lowest BCUT2D eigenvalue weighted by Crippen LogP contribution is -2.34. The summed E-state index contributed by atoms with van der Waals surface area (Å²) in [6.45, 7) is 3.63. The monoisotopic (exact) mass is 347 g/mol. The molecule has 0 fully saturated rings. The Hall–Kier alpha value is -2.38. The van der Waals surface area contributed by atoms with Crippen LogP contribution in [-0.2, 0) is 14.8 Å². The molecule has 0 aliphatic carbocycles. The Morgan fingerprint density at radius 3 is 2.46 bits per heavy atom. The SMILES string of the molecule is C=CC(=O)NCCNS(=O)(=O)c1cccc2c(N(C)C)cccc12. The van der Waals surface area contributed by atoms with Gasteiger partial charge in [-0.05, 0) is 18.2 Å². The highest BCUT2D eigenvalue weighted by atomic mass is 32.2. The van der Waals surface area contributed by atoms with Crippen LogP contribution >= 0.6 is 0 Å². The van der Waals surface area contributed by atoms with Gasteiger partial charge in [0.25, 0.3) is 0 Å². The molecule has 0 saturated heterocycles. The van der Waals surface area contributed by atoms with Crippen LogP contribution in [0.5, 0.6) is 0 Å². The third-order valence-electron chi connectivity index (χ3n) is 3.53. The average molecular weight is 347 g/mol. The Morgan fingerprint density at radius 2 is 1.79 bits per heavy atom. The Kier molecular flexibility index (Phi) is 5.58. The molecule has 0 aromatic heterocycles. The van der Waals surface area contributed by atoms with Crippen molar-refractivity contribution in [1.29, 1.82) is 0 Å². The Bertz CT molecular complexity index is 861. The highest BCUT2D eigenvalue weighted by molar-refractivity contribution is 7.89. The van der Waals surface area contributed by atoms with Crippen LogP contribution in [0.2, 0.25) is 0 Å². The summed E-state index contributed by atoms with van der Waals surface area (Å²) in [6, 6.07) is 10.8. The number of amides is 1. The van der Waals surface area contributed by atoms with Gasteiger partial charge in [0.1, 0.15) is 0 Å². The van der Waals surface area contributed by atoms with E-state index in [1.165, 1.54) is 0 Å². The minimum absolute atomic E-state index is 0.103. The molecule has 2 aromatic carbocycles. The number of rotatable bonds is 7. The normalized spacial score (nSPS) is 11.2. The number of nitrogens with one attached hydrogen (secondary N) is 2. The van der Waals surface area contributed by atoms with Crippen LogP contribution in [0.3, 0.4) is 0 Å². The lowest BCUT2D eigenvalue weighted by molar-refractivity contribution is -0.116. The van der Waals surface area contributed by atoms with Gasteiger partial charge in [0, 0.05) is 43.6 Å². The number of benzene rings is 2. The molecule has 0 radical (unpaired) electrons. The highest BCUT2D eigenvalue weighted by Gasteiger charge is 2.17. The van der Waals surface area contributed by atoms with E-state index in [2.05, 4.69) is 16.6 Å². The summed E-state index contributed by atoms with van der Waals surface area (Å²) in [7, 11) is 0.147. The summed E-state index contributed by atoms with van der Waals surface area (Å²) in [4.78, 5) is 13.2. The van der Waals surface area contributed by atoms with E-state index in [4.69, 9.17) is 0 Å². The maximum Gasteiger partial charge on any atom is 0.243 e. The van der Waals surface area contributed by atoms with E-state index in [1.54, 1.807) is 18.2 Å². The van der Waals surface area contributed by atoms with E-state index in [9.17, 15) is 13.2 Å². The van der Waals surface area contributed by atoms with Gasteiger partial charge in [-0.25, -0.2) is 13.1 Å². The summed E-state index contributed by atoms with van der Waals surface area (Å²) < 4.78 is 27.7. The van der Waals surface area contributed by atoms with Gasteiger partial charge >= 0.3 is 0 Å². The molecule has 24 heavy (non-hydrogen) atoms. The van der Waals surface area contributed by atoms with E-state index in [0.717, 1.165) is 17.1 Å². The maximum atomic E-state index is 12.6. The van der Waals surface area contributed by atoms with E-state index in [-0.39, 0.29) is 23.9 Å². The third-order valence-corrected chi connectivity index (χ3v) is 5.05. The van der Waals surface area contributed by atoms with Crippen LogP contribution in [0.1, 0.15) is 0 Å². The summed E-state index contributed by atoms with van der Waals surface area (Å²) in [6.07, 6.45) is 1.14. The summed E-state index contributed by atoms with van der Waals surface area (Å²) >= 11 is 0. The minimum atomic E-state index is -3.68. The molecule has 0 spiro atoms. The molecule has 0 heterocycles. The van der Waals surface area contributed by atoms with E-state index < -0.39 is 10.0 Å². The van der Waals surface area contributed by atoms with Crippen LogP contribution in [0.15, 0.2) is 53.9 Å². The first-order valence-corrected chi connectivity index (χ1v) is 8.94. The van der Waals surface area contributed by atoms with Gasteiger partial charge in [-0.15, -0.1) is 0 Å². The fourth-order valence-corrected chi connectivity index (χ4v) is 3.66. The molecular weight excluding hydrogens is 326 g/mol. The molecule has 0 aliphatic rings. The van der Waals surface area contributed by atoms with Crippen LogP contribution in [-0.4, -0.2) is 41.5 Å². The second-order valence-corrected chi connectivity index (χ2v) is 7.15. The molecule has 2 aromatic rings. The van der Waals surface area contributed by atoms with Crippen molar-refractivity contribution in [3.05, 3.63) is 49.1 Å². The predicted molar refractivity (Wildman–Crippen MR) is 96.7 cm³/mol. The Morgan fingerprint density at radius 1 is 1.12 bits per heavy atom. The highest BCUT2D eigenvalue weighted by Crippen LogP contribution is 2.29. The van der Waals surface area contributed by atoms with Crippen LogP contribution in [0.4, 0.5) is 5.69 Å². The van der Waals surface area contributed by atoms with Crippen LogP contribution < -0.4 is 14.9 Å². The van der Waals surface area contributed by atoms with Crippen LogP contribution in [0.25, 0.3) is 10.8 Å². The van der Waals surface area contributed by atoms with Crippen molar-refractivity contribution in [2.75, 3.05) is 32.1 Å². The minimum Gasteiger partial charge on any atom is -0.377 e. The second-order valence-electron chi connectivity index (χ2n) is 5.42. The van der Waals surface area contributed by atoms with Gasteiger partial charge in [-0.2, -0.15) is 0 Å². The smallest absolute Gasteiger partial charge is 0.243 e. The van der Waals surface area contributed by atoms with Gasteiger partial charge in [0.05, 0.1) is 4.90 Å². The Balaban J connectivity index is 2.29. The summed E-state index contributed by atoms with van der Waals surface area (Å²) in [5, 5.41) is 4.05. The maximum absolute atomic E-state index is 12.6. The van der Waals surface area contributed by atoms with Crippen molar-refractivity contribution in [3.63, 3.8) is 0 Å². The lowest BCUT2D eigenvalue weighted by atomic mass is 10.1. The zero-order valence-electron chi connectivity index (χ0n) is 13.7. The van der Waals surface area contributed by atoms with Gasteiger partial charge in [-0.3, -0.25) is 4.79 Å². The van der Waals surface area contributed by atoms with Crippen LogP contribution in [0, 0.1) is 0 Å². The molecule has 0 atom stereocenters. The lowest BCUT2D eigenvalue weighted by Gasteiger charge is -2.17. The number of fused-ring (bicyclic) bond motifs is 1. The fourth-order valence-electron chi connectivity index (χ4n) is 2.41. The third kappa shape index (κ3) is 3.93. The molecule has 0 saturated carbocycles. The van der Waals surface area contributed by atoms with Crippen molar-refractivity contribution < 1.29 is 13.2 Å². The summed E-state index contributed by atoms with van der Waals surface area (Å²) in [5.41, 5.74) is 0.947. The Labute approximate surface area is 142 Å². The number of carbonyl (C=O) groups excluding carboxylic acids is 1. The molecule has 128 valence electrons. The average Bonchev–Trinajstić information content (AvgIpc) is 2.57. The number of anilines is 1. The standard InChI is InChI=1S/C17H21N3O3S/c1-4-17(21)18-11-12-19-24(22,23)16-10-6-7-13-14(16)8-5-9-15(13)20(2)3/h4-10,19H,1,11-12H2,2-3H3,(H,18,21). The second kappa shape index (κ2) is 7.46. The van der Waals surface area contributed by atoms with Crippen molar-refractivity contribution in [3.8, 4) is 0 Å². The fraction of sp³-hybridized carbons (Fsp3) is 0.235. The summed E-state index contributed by atoms with van der Waals surface area (Å²) in [5.74, 6) is -0.338. The molecule has 7 heteroatoms. The van der Waals surface area contributed by atoms with Gasteiger partial charge in [0.2, 0.25) is 15.9 Å². The van der Waals surface area contributed by atoms with Crippen molar-refractivity contribution in [1.82, 2.24) is 10.0 Å². The van der Waals surface area contributed by atoms with Gasteiger partial charge < -0.3 is 10.2 Å². The zero-order chi connectivity index (χ0) is 17.7. The van der Waals surface area contributed by atoms with Crippen molar-refractivity contribution in [2.24, 2.45) is 0 Å². The van der Waals surface area contributed by atoms with E-state index >= 15 is 0 Å². The van der Waals surface area contributed by atoms with Crippen molar-refractivity contribution in [2.45, 2.75) is 4.90 Å². The first-order chi connectivity index (χ1) is 11.4. The molecular formula is C17H21N3O3S. The van der Waals surface area contributed by atoms with Gasteiger partial charge in [0.15, 0.2) is 0 Å². The number of carbonyl (C=O) groups is 1. The quantitative estimate of drug-likeness (QED) is 0.587. The first kappa shape index (κ1) is 18.0. The number of hydrogen-bond acceptors (Lipinski definition) is 4. The molecule has 0 unspecified atom stereocenters. The van der Waals surface area contributed by atoms with E-state index in [1.807, 2.05) is 37.2 Å².